The lowest BCUT2D eigenvalue weighted by Gasteiger charge is -2.33. The minimum absolute atomic E-state index is 0.169. The van der Waals surface area contributed by atoms with Gasteiger partial charge in [-0.2, -0.15) is 13.2 Å². The summed E-state index contributed by atoms with van der Waals surface area (Å²) in [4.78, 5) is 24.5. The Balaban J connectivity index is 2.33. The van der Waals surface area contributed by atoms with Gasteiger partial charge in [-0.15, -0.1) is 0 Å². The Bertz CT molecular complexity index is 828. The van der Waals surface area contributed by atoms with Gasteiger partial charge in [-0.3, -0.25) is 5.32 Å². The number of carbonyl (C=O) groups excluding carboxylic acids is 2. The summed E-state index contributed by atoms with van der Waals surface area (Å²) < 4.78 is 56.3. The minimum atomic E-state index is -5.33. The van der Waals surface area contributed by atoms with E-state index >= 15 is 0 Å². The number of hydrogen-bond acceptors (Lipinski definition) is 5. The van der Waals surface area contributed by atoms with Crippen molar-refractivity contribution in [2.75, 3.05) is 19.0 Å². The van der Waals surface area contributed by atoms with Gasteiger partial charge in [0.1, 0.15) is 11.5 Å². The molecule has 0 fully saturated rings. The lowest BCUT2D eigenvalue weighted by atomic mass is 10.2. The van der Waals surface area contributed by atoms with Gasteiger partial charge in [0.25, 0.3) is 0 Å². The summed E-state index contributed by atoms with van der Waals surface area (Å²) in [5.74, 6) is -1.61. The van der Waals surface area contributed by atoms with Gasteiger partial charge in [0, 0.05) is 5.69 Å². The minimum Gasteiger partial charge on any atom is -0.497 e. The van der Waals surface area contributed by atoms with Crippen molar-refractivity contribution < 1.29 is 37.0 Å². The van der Waals surface area contributed by atoms with Gasteiger partial charge in [-0.1, -0.05) is 18.2 Å². The molecule has 7 nitrogen and oxygen atoms in total. The number of para-hydroxylation sites is 1. The molecule has 0 saturated carbocycles. The summed E-state index contributed by atoms with van der Waals surface area (Å²) >= 11 is 0. The lowest BCUT2D eigenvalue weighted by molar-refractivity contribution is -0.259. The third-order valence-corrected chi connectivity index (χ3v) is 3.61. The number of nitrogens with one attached hydrogen (secondary N) is 2. The standard InChI is InChI=1S/C19H19F3N2O5/c1-3-28-16(25)18(19(20,21)22,29-15-7-5-4-6-8-15)24-17(26)23-13-9-11-14(27-2)12-10-13/h4-12H,3H2,1-2H3,(H2,23,24,26)/t18-/m0/s1. The van der Waals surface area contributed by atoms with E-state index in [0.717, 1.165) is 0 Å². The Hall–Kier alpha value is -3.43. The molecule has 0 aliphatic rings. The molecule has 0 saturated heterocycles. The first-order chi connectivity index (χ1) is 13.7. The number of urea groups is 1. The Labute approximate surface area is 164 Å². The van der Waals surface area contributed by atoms with E-state index in [0.29, 0.717) is 5.75 Å². The first-order valence-electron chi connectivity index (χ1n) is 8.43. The molecular weight excluding hydrogens is 393 g/mol. The van der Waals surface area contributed by atoms with E-state index in [9.17, 15) is 22.8 Å². The fraction of sp³-hybridized carbons (Fsp3) is 0.263. The molecule has 29 heavy (non-hydrogen) atoms. The second kappa shape index (κ2) is 9.18. The first-order valence-corrected chi connectivity index (χ1v) is 8.43. The fourth-order valence-electron chi connectivity index (χ4n) is 2.26. The van der Waals surface area contributed by atoms with Crippen LogP contribution in [-0.4, -0.2) is 37.6 Å². The van der Waals surface area contributed by atoms with E-state index in [-0.39, 0.29) is 18.0 Å². The Morgan fingerprint density at radius 2 is 1.59 bits per heavy atom. The monoisotopic (exact) mass is 412 g/mol. The zero-order valence-electron chi connectivity index (χ0n) is 15.6. The molecule has 0 bridgehead atoms. The molecule has 2 rings (SSSR count). The Kier molecular flexibility index (Phi) is 6.92. The average molecular weight is 412 g/mol. The SMILES string of the molecule is CCOC(=O)[C@](NC(=O)Nc1ccc(OC)cc1)(Oc1ccccc1)C(F)(F)F. The normalized spacial score (nSPS) is 13.0. The number of halogens is 3. The maximum atomic E-state index is 13.9. The molecule has 1 atom stereocenters. The molecule has 2 N–H and O–H groups in total. The topological polar surface area (TPSA) is 85.9 Å². The predicted octanol–water partition coefficient (Wildman–Crippen LogP) is 3.72. The average Bonchev–Trinajstić information content (AvgIpc) is 2.68. The van der Waals surface area contributed by atoms with Crippen molar-refractivity contribution in [1.82, 2.24) is 5.32 Å². The van der Waals surface area contributed by atoms with Gasteiger partial charge in [-0.05, 0) is 43.3 Å². The van der Waals surface area contributed by atoms with Crippen LogP contribution in [0.25, 0.3) is 0 Å². The summed E-state index contributed by atoms with van der Waals surface area (Å²) in [7, 11) is 1.44. The van der Waals surface area contributed by atoms with Crippen molar-refractivity contribution in [3.63, 3.8) is 0 Å². The quantitative estimate of drug-likeness (QED) is 0.535. The van der Waals surface area contributed by atoms with Crippen molar-refractivity contribution >= 4 is 17.7 Å². The van der Waals surface area contributed by atoms with Crippen LogP contribution >= 0.6 is 0 Å². The summed E-state index contributed by atoms with van der Waals surface area (Å²) in [5.41, 5.74) is -3.58. The number of benzene rings is 2. The molecule has 2 amide bonds. The highest BCUT2D eigenvalue weighted by molar-refractivity contribution is 5.94. The predicted molar refractivity (Wildman–Crippen MR) is 97.6 cm³/mol. The van der Waals surface area contributed by atoms with Gasteiger partial charge in [0.15, 0.2) is 0 Å². The smallest absolute Gasteiger partial charge is 0.460 e. The van der Waals surface area contributed by atoms with Crippen LogP contribution in [0.3, 0.4) is 0 Å². The van der Waals surface area contributed by atoms with E-state index in [2.05, 4.69) is 10.1 Å². The van der Waals surface area contributed by atoms with E-state index in [1.54, 1.807) is 11.4 Å². The van der Waals surface area contributed by atoms with Crippen molar-refractivity contribution in [2.45, 2.75) is 18.8 Å². The number of amides is 2. The maximum absolute atomic E-state index is 13.9. The molecule has 0 aliphatic heterocycles. The Morgan fingerprint density at radius 1 is 0.966 bits per heavy atom. The second-order valence-corrected chi connectivity index (χ2v) is 5.62. The van der Waals surface area contributed by atoms with Crippen molar-refractivity contribution in [2.24, 2.45) is 0 Å². The van der Waals surface area contributed by atoms with Gasteiger partial charge in [-0.25, -0.2) is 9.59 Å². The fourth-order valence-corrected chi connectivity index (χ4v) is 2.26. The molecule has 0 unspecified atom stereocenters. The van der Waals surface area contributed by atoms with Crippen LogP contribution in [0.2, 0.25) is 0 Å². The van der Waals surface area contributed by atoms with E-state index in [1.807, 2.05) is 0 Å². The molecule has 0 heterocycles. The first kappa shape index (κ1) is 21.9. The molecule has 156 valence electrons. The van der Waals surface area contributed by atoms with Crippen molar-refractivity contribution in [3.05, 3.63) is 54.6 Å². The van der Waals surface area contributed by atoms with Gasteiger partial charge in [0.05, 0.1) is 13.7 Å². The van der Waals surface area contributed by atoms with Gasteiger partial charge in [0.2, 0.25) is 0 Å². The molecule has 0 spiro atoms. The molecule has 0 radical (unpaired) electrons. The molecule has 0 aliphatic carbocycles. The van der Waals surface area contributed by atoms with Crippen LogP contribution in [0.1, 0.15) is 6.92 Å². The molecular formula is C19H19F3N2O5. The summed E-state index contributed by atoms with van der Waals surface area (Å²) in [6, 6.07) is 11.3. The molecule has 2 aromatic carbocycles. The molecule has 0 aromatic heterocycles. The highest BCUT2D eigenvalue weighted by atomic mass is 19.4. The van der Waals surface area contributed by atoms with E-state index < -0.39 is 23.9 Å². The largest absolute Gasteiger partial charge is 0.497 e. The highest BCUT2D eigenvalue weighted by Gasteiger charge is 2.66. The second-order valence-electron chi connectivity index (χ2n) is 5.62. The lowest BCUT2D eigenvalue weighted by Crippen LogP contribution is -2.69. The number of ether oxygens (including phenoxy) is 3. The van der Waals surface area contributed by atoms with Gasteiger partial charge >= 0.3 is 23.9 Å². The number of methoxy groups -OCH3 is 1. The summed E-state index contributed by atoms with van der Waals surface area (Å²) in [6.07, 6.45) is -5.33. The summed E-state index contributed by atoms with van der Waals surface area (Å²) in [6.45, 7) is 0.982. The van der Waals surface area contributed by atoms with Crippen molar-refractivity contribution in [3.8, 4) is 11.5 Å². The Morgan fingerprint density at radius 3 is 2.10 bits per heavy atom. The van der Waals surface area contributed by atoms with E-state index in [4.69, 9.17) is 9.47 Å². The van der Waals surface area contributed by atoms with Crippen LogP contribution in [0.15, 0.2) is 54.6 Å². The maximum Gasteiger partial charge on any atom is 0.460 e. The number of rotatable bonds is 7. The highest BCUT2D eigenvalue weighted by Crippen LogP contribution is 2.34. The van der Waals surface area contributed by atoms with E-state index in [1.165, 1.54) is 62.6 Å². The van der Waals surface area contributed by atoms with Crippen LogP contribution in [0.4, 0.5) is 23.7 Å². The third-order valence-electron chi connectivity index (χ3n) is 3.61. The number of alkyl halides is 3. The number of carbonyl (C=O) groups is 2. The number of anilines is 1. The van der Waals surface area contributed by atoms with Crippen LogP contribution in [-0.2, 0) is 9.53 Å². The molecule has 10 heteroatoms. The zero-order valence-corrected chi connectivity index (χ0v) is 15.6. The summed E-state index contributed by atoms with van der Waals surface area (Å²) in [5, 5.41) is 3.79. The number of esters is 1. The molecule has 2 aromatic rings. The number of hydrogen-bond donors (Lipinski definition) is 2. The van der Waals surface area contributed by atoms with Crippen molar-refractivity contribution in [1.29, 1.82) is 0 Å². The third kappa shape index (κ3) is 5.31. The van der Waals surface area contributed by atoms with Crippen LogP contribution in [0, 0.1) is 0 Å². The van der Waals surface area contributed by atoms with Crippen LogP contribution < -0.4 is 20.1 Å². The van der Waals surface area contributed by atoms with Gasteiger partial charge < -0.3 is 19.5 Å². The zero-order chi connectivity index (χ0) is 21.5. The van der Waals surface area contributed by atoms with Crippen LogP contribution in [0.5, 0.6) is 11.5 Å².